The van der Waals surface area contributed by atoms with Gasteiger partial charge in [-0.1, -0.05) is 44.5 Å². The van der Waals surface area contributed by atoms with Crippen molar-refractivity contribution in [3.63, 3.8) is 0 Å². The Morgan fingerprint density at radius 1 is 1.26 bits per heavy atom. The van der Waals surface area contributed by atoms with Crippen LogP contribution in [0, 0.1) is 5.92 Å². The second-order valence-electron chi connectivity index (χ2n) is 5.33. The molecule has 1 aromatic rings. The van der Waals surface area contributed by atoms with Gasteiger partial charge in [0.05, 0.1) is 5.92 Å². The smallest absolute Gasteiger partial charge is 0.306 e. The van der Waals surface area contributed by atoms with E-state index in [2.05, 4.69) is 36.1 Å². The van der Waals surface area contributed by atoms with Gasteiger partial charge < -0.3 is 10.0 Å². The monoisotopic (exact) mass is 263 g/mol. The summed E-state index contributed by atoms with van der Waals surface area (Å²) in [7, 11) is 2.04. The van der Waals surface area contributed by atoms with Crippen LogP contribution < -0.4 is 0 Å². The van der Waals surface area contributed by atoms with Gasteiger partial charge in [0.25, 0.3) is 0 Å². The molecule has 1 N–H and O–H groups in total. The van der Waals surface area contributed by atoms with Gasteiger partial charge in [0.2, 0.25) is 0 Å². The van der Waals surface area contributed by atoms with Crippen molar-refractivity contribution in [3.05, 3.63) is 35.4 Å². The number of nitrogens with zero attached hydrogens (tertiary/aromatic N) is 1. The van der Waals surface area contributed by atoms with Crippen molar-refractivity contribution in [1.29, 1.82) is 0 Å². The highest BCUT2D eigenvalue weighted by molar-refractivity contribution is 5.69. The van der Waals surface area contributed by atoms with Crippen LogP contribution in [0.5, 0.6) is 0 Å². The Labute approximate surface area is 116 Å². The minimum absolute atomic E-state index is 0.269. The van der Waals surface area contributed by atoms with E-state index < -0.39 is 5.97 Å². The summed E-state index contributed by atoms with van der Waals surface area (Å²) in [5.74, 6) is -0.980. The summed E-state index contributed by atoms with van der Waals surface area (Å²) in [6.07, 6.45) is 3.00. The molecule has 0 spiro atoms. The van der Waals surface area contributed by atoms with Crippen molar-refractivity contribution in [2.75, 3.05) is 13.6 Å². The molecule has 0 fully saturated rings. The zero-order valence-corrected chi connectivity index (χ0v) is 12.2. The number of hydrogen-bond acceptors (Lipinski definition) is 2. The molecule has 0 radical (unpaired) electrons. The Morgan fingerprint density at radius 3 is 2.37 bits per heavy atom. The predicted octanol–water partition coefficient (Wildman–Crippen LogP) is 3.18. The summed E-state index contributed by atoms with van der Waals surface area (Å²) in [5, 5.41) is 8.85. The average molecular weight is 263 g/mol. The van der Waals surface area contributed by atoms with Crippen molar-refractivity contribution in [2.45, 2.75) is 39.7 Å². The average Bonchev–Trinajstić information content (AvgIpc) is 2.38. The van der Waals surface area contributed by atoms with Crippen LogP contribution in [0.3, 0.4) is 0 Å². The van der Waals surface area contributed by atoms with Crippen LogP contribution in [0.25, 0.3) is 0 Å². The maximum absolute atomic E-state index is 10.8. The highest BCUT2D eigenvalue weighted by Gasteiger charge is 2.11. The van der Waals surface area contributed by atoms with Gasteiger partial charge in [-0.05, 0) is 37.6 Å². The van der Waals surface area contributed by atoms with Crippen molar-refractivity contribution < 1.29 is 9.90 Å². The maximum Gasteiger partial charge on any atom is 0.306 e. The summed E-state index contributed by atoms with van der Waals surface area (Å²) >= 11 is 0. The molecule has 0 aliphatic heterocycles. The van der Waals surface area contributed by atoms with Gasteiger partial charge in [-0.3, -0.25) is 4.79 Å². The van der Waals surface area contributed by atoms with Crippen LogP contribution in [-0.4, -0.2) is 29.6 Å². The number of benzene rings is 1. The van der Waals surface area contributed by atoms with Crippen LogP contribution in [0.4, 0.5) is 0 Å². The molecule has 0 amide bonds. The van der Waals surface area contributed by atoms with Crippen LogP contribution in [-0.2, 0) is 17.8 Å². The lowest BCUT2D eigenvalue weighted by molar-refractivity contribution is -0.141. The lowest BCUT2D eigenvalue weighted by Crippen LogP contribution is -2.23. The molecule has 0 saturated carbocycles. The Balaban J connectivity index is 2.39. The van der Waals surface area contributed by atoms with Gasteiger partial charge in [-0.15, -0.1) is 0 Å². The molecular formula is C16H25NO2. The summed E-state index contributed by atoms with van der Waals surface area (Å²) in [4.78, 5) is 12.9. The molecule has 3 nitrogen and oxygen atoms in total. The lowest BCUT2D eigenvalue weighted by atomic mass is 10.1. The van der Waals surface area contributed by atoms with Crippen molar-refractivity contribution in [2.24, 2.45) is 5.92 Å². The Hall–Kier alpha value is -1.35. The van der Waals surface area contributed by atoms with E-state index in [1.165, 1.54) is 17.5 Å². The standard InChI is InChI=1S/C16H25NO2/c1-4-5-14-6-8-15(9-7-14)12-17(3)11-10-13(2)16(18)19/h6-9,13H,4-5,10-12H2,1-3H3,(H,18,19). The van der Waals surface area contributed by atoms with Crippen molar-refractivity contribution in [3.8, 4) is 0 Å². The molecule has 0 heterocycles. The van der Waals surface area contributed by atoms with Gasteiger partial charge in [0, 0.05) is 6.54 Å². The van der Waals surface area contributed by atoms with E-state index in [0.717, 1.165) is 19.5 Å². The normalized spacial score (nSPS) is 12.6. The molecule has 0 saturated heterocycles. The first-order valence-electron chi connectivity index (χ1n) is 7.02. The zero-order chi connectivity index (χ0) is 14.3. The van der Waals surface area contributed by atoms with Gasteiger partial charge in [0.15, 0.2) is 0 Å². The molecular weight excluding hydrogens is 238 g/mol. The second-order valence-corrected chi connectivity index (χ2v) is 5.33. The quantitative estimate of drug-likeness (QED) is 0.783. The van der Waals surface area contributed by atoms with Gasteiger partial charge in [0.1, 0.15) is 0 Å². The topological polar surface area (TPSA) is 40.5 Å². The largest absolute Gasteiger partial charge is 0.481 e. The number of aliphatic carboxylic acids is 1. The number of carbonyl (C=O) groups is 1. The molecule has 1 aromatic carbocycles. The Morgan fingerprint density at radius 2 is 1.84 bits per heavy atom. The van der Waals surface area contributed by atoms with Gasteiger partial charge in [-0.2, -0.15) is 0 Å². The Bertz CT molecular complexity index is 386. The third-order valence-electron chi connectivity index (χ3n) is 3.38. The van der Waals surface area contributed by atoms with Crippen LogP contribution in [0.15, 0.2) is 24.3 Å². The summed E-state index contributed by atoms with van der Waals surface area (Å²) in [6, 6.07) is 8.71. The molecule has 0 bridgehead atoms. The highest BCUT2D eigenvalue weighted by atomic mass is 16.4. The molecule has 0 aliphatic carbocycles. The summed E-state index contributed by atoms with van der Waals surface area (Å²) in [6.45, 7) is 5.63. The second kappa shape index (κ2) is 7.95. The molecule has 3 heteroatoms. The number of hydrogen-bond donors (Lipinski definition) is 1. The van der Waals surface area contributed by atoms with E-state index in [-0.39, 0.29) is 5.92 Å². The fraction of sp³-hybridized carbons (Fsp3) is 0.562. The molecule has 0 aliphatic rings. The van der Waals surface area contributed by atoms with E-state index in [1.54, 1.807) is 6.92 Å². The molecule has 1 atom stereocenters. The van der Waals surface area contributed by atoms with Crippen LogP contribution in [0.1, 0.15) is 37.8 Å². The fourth-order valence-corrected chi connectivity index (χ4v) is 2.03. The summed E-state index contributed by atoms with van der Waals surface area (Å²) in [5.41, 5.74) is 2.67. The van der Waals surface area contributed by atoms with E-state index in [9.17, 15) is 4.79 Å². The highest BCUT2D eigenvalue weighted by Crippen LogP contribution is 2.10. The van der Waals surface area contributed by atoms with E-state index >= 15 is 0 Å². The van der Waals surface area contributed by atoms with E-state index in [0.29, 0.717) is 6.42 Å². The molecule has 1 rings (SSSR count). The first kappa shape index (κ1) is 15.7. The molecule has 0 aromatic heterocycles. The lowest BCUT2D eigenvalue weighted by Gasteiger charge is -2.18. The predicted molar refractivity (Wildman–Crippen MR) is 78.2 cm³/mol. The first-order chi connectivity index (χ1) is 9.02. The molecule has 1 unspecified atom stereocenters. The van der Waals surface area contributed by atoms with Crippen LogP contribution >= 0.6 is 0 Å². The SMILES string of the molecule is CCCc1ccc(CN(C)CCC(C)C(=O)O)cc1. The van der Waals surface area contributed by atoms with E-state index in [1.807, 2.05) is 7.05 Å². The molecule has 106 valence electrons. The van der Waals surface area contributed by atoms with Crippen molar-refractivity contribution in [1.82, 2.24) is 4.90 Å². The van der Waals surface area contributed by atoms with Crippen molar-refractivity contribution >= 4 is 5.97 Å². The third-order valence-corrected chi connectivity index (χ3v) is 3.38. The third kappa shape index (κ3) is 5.88. The van der Waals surface area contributed by atoms with Gasteiger partial charge in [-0.25, -0.2) is 0 Å². The number of carboxylic acid groups (broad SMARTS) is 1. The first-order valence-corrected chi connectivity index (χ1v) is 7.02. The number of carboxylic acids is 1. The van der Waals surface area contributed by atoms with Gasteiger partial charge >= 0.3 is 5.97 Å². The fourth-order valence-electron chi connectivity index (χ4n) is 2.03. The Kier molecular flexibility index (Phi) is 6.57. The number of aryl methyl sites for hydroxylation is 1. The summed E-state index contributed by atoms with van der Waals surface area (Å²) < 4.78 is 0. The minimum atomic E-state index is -0.711. The van der Waals surface area contributed by atoms with Crippen LogP contribution in [0.2, 0.25) is 0 Å². The van der Waals surface area contributed by atoms with E-state index in [4.69, 9.17) is 5.11 Å². The molecule has 19 heavy (non-hydrogen) atoms. The zero-order valence-electron chi connectivity index (χ0n) is 12.2. The minimum Gasteiger partial charge on any atom is -0.481 e. The maximum atomic E-state index is 10.8. The number of rotatable bonds is 8.